The molecule has 3 aromatic heterocycles. The van der Waals surface area contributed by atoms with Crippen LogP contribution in [0.5, 0.6) is 0 Å². The van der Waals surface area contributed by atoms with Crippen molar-refractivity contribution in [3.8, 4) is 0 Å². The first kappa shape index (κ1) is 24.2. The molecule has 9 heteroatoms. The molecule has 1 aromatic carbocycles. The number of aryl methyl sites for hydroxylation is 2. The number of carbonyl (C=O) groups is 1. The van der Waals surface area contributed by atoms with Crippen molar-refractivity contribution in [1.29, 1.82) is 0 Å². The molecule has 0 saturated heterocycles. The van der Waals surface area contributed by atoms with Crippen LogP contribution in [-0.2, 0) is 25.1 Å². The van der Waals surface area contributed by atoms with E-state index in [-0.39, 0.29) is 17.5 Å². The number of nitrogens with one attached hydrogen (secondary N) is 1. The van der Waals surface area contributed by atoms with Gasteiger partial charge in [-0.3, -0.25) is 14.2 Å². The van der Waals surface area contributed by atoms with E-state index in [2.05, 4.69) is 10.3 Å². The molecule has 2 saturated carbocycles. The van der Waals surface area contributed by atoms with E-state index in [4.69, 9.17) is 9.40 Å². The minimum absolute atomic E-state index is 0.0269. The highest BCUT2D eigenvalue weighted by molar-refractivity contribution is 7.98. The number of fused-ring (bicyclic) bond motifs is 5. The van der Waals surface area contributed by atoms with Gasteiger partial charge in [-0.05, 0) is 67.9 Å². The van der Waals surface area contributed by atoms with Gasteiger partial charge in [0.1, 0.15) is 11.1 Å². The number of benzene rings is 1. The molecular weight excluding hydrogens is 516 g/mol. The third-order valence-electron chi connectivity index (χ3n) is 8.39. The molecule has 0 aliphatic heterocycles. The summed E-state index contributed by atoms with van der Waals surface area (Å²) in [5.41, 5.74) is 2.60. The van der Waals surface area contributed by atoms with E-state index < -0.39 is 0 Å². The Kier molecular flexibility index (Phi) is 6.36. The molecule has 7 nitrogen and oxygen atoms in total. The van der Waals surface area contributed by atoms with E-state index in [0.29, 0.717) is 35.0 Å². The van der Waals surface area contributed by atoms with Crippen LogP contribution in [0.2, 0.25) is 0 Å². The molecule has 1 N–H and O–H groups in total. The van der Waals surface area contributed by atoms with Crippen molar-refractivity contribution in [1.82, 2.24) is 19.9 Å². The summed E-state index contributed by atoms with van der Waals surface area (Å²) >= 11 is 3.10. The largest absolute Gasteiger partial charge is 0.447 e. The van der Waals surface area contributed by atoms with E-state index >= 15 is 0 Å². The first-order valence-corrected chi connectivity index (χ1v) is 15.4. The van der Waals surface area contributed by atoms with Crippen LogP contribution in [0, 0.1) is 11.8 Å². The van der Waals surface area contributed by atoms with E-state index in [1.807, 2.05) is 30.3 Å². The average molecular weight is 547 g/mol. The SMILES string of the molecule is O=C(NC1CC2CCC1C2)c1coc(CSc2nc3sc4c(c3c(=O)n2Cc2ccccc2)CCCC4)n1. The fourth-order valence-electron chi connectivity index (χ4n) is 6.51. The van der Waals surface area contributed by atoms with Gasteiger partial charge in [-0.1, -0.05) is 48.5 Å². The van der Waals surface area contributed by atoms with Gasteiger partial charge in [-0.15, -0.1) is 11.3 Å². The Morgan fingerprint density at radius 2 is 2.00 bits per heavy atom. The molecule has 3 aliphatic rings. The van der Waals surface area contributed by atoms with Gasteiger partial charge in [-0.2, -0.15) is 0 Å². The normalized spacial score (nSPS) is 22.2. The van der Waals surface area contributed by atoms with Crippen molar-refractivity contribution in [2.75, 3.05) is 0 Å². The van der Waals surface area contributed by atoms with E-state index in [9.17, 15) is 9.59 Å². The summed E-state index contributed by atoms with van der Waals surface area (Å²) in [6, 6.07) is 10.3. The molecule has 0 spiro atoms. The summed E-state index contributed by atoms with van der Waals surface area (Å²) in [5.74, 6) is 2.06. The summed E-state index contributed by atoms with van der Waals surface area (Å²) in [4.78, 5) is 38.2. The Bertz CT molecular complexity index is 1560. The van der Waals surface area contributed by atoms with Gasteiger partial charge in [0, 0.05) is 10.9 Å². The summed E-state index contributed by atoms with van der Waals surface area (Å²) in [6.07, 6.45) is 10.5. The lowest BCUT2D eigenvalue weighted by atomic mass is 9.95. The standard InChI is InChI=1S/C29H30N4O3S2/c34-26(31-21-13-18-10-11-19(21)12-18)22-15-36-24(30-22)16-37-29-32-27-25(20-8-4-5-9-23(20)38-27)28(35)33(29)14-17-6-2-1-3-7-17/h1-3,6-7,15,18-19,21H,4-5,8-14,16H2,(H,31,34). The lowest BCUT2D eigenvalue weighted by molar-refractivity contribution is 0.0917. The predicted octanol–water partition coefficient (Wildman–Crippen LogP) is 5.58. The Hall–Kier alpha value is -2.91. The first-order valence-electron chi connectivity index (χ1n) is 13.6. The number of hydrogen-bond donors (Lipinski definition) is 1. The number of oxazole rings is 1. The number of amides is 1. The maximum absolute atomic E-state index is 13.8. The second-order valence-electron chi connectivity index (χ2n) is 10.8. The minimum Gasteiger partial charge on any atom is -0.447 e. The number of rotatable bonds is 7. The third-order valence-corrected chi connectivity index (χ3v) is 10.5. The van der Waals surface area contributed by atoms with Crippen LogP contribution < -0.4 is 10.9 Å². The Morgan fingerprint density at radius 3 is 2.82 bits per heavy atom. The summed E-state index contributed by atoms with van der Waals surface area (Å²) in [6.45, 7) is 0.457. The van der Waals surface area contributed by atoms with Gasteiger partial charge in [0.05, 0.1) is 17.7 Å². The molecule has 0 radical (unpaired) electrons. The van der Waals surface area contributed by atoms with Crippen molar-refractivity contribution in [2.45, 2.75) is 74.9 Å². The summed E-state index contributed by atoms with van der Waals surface area (Å²) in [5, 5.41) is 4.62. The van der Waals surface area contributed by atoms with Gasteiger partial charge in [0.25, 0.3) is 11.5 Å². The van der Waals surface area contributed by atoms with E-state index in [1.54, 1.807) is 15.9 Å². The fraction of sp³-hybridized carbons (Fsp3) is 0.448. The summed E-state index contributed by atoms with van der Waals surface area (Å²) < 4.78 is 7.46. The minimum atomic E-state index is -0.160. The average Bonchev–Trinajstić information content (AvgIpc) is 3.73. The van der Waals surface area contributed by atoms with Crippen LogP contribution in [0.1, 0.15) is 70.9 Å². The molecule has 3 unspecified atom stereocenters. The maximum atomic E-state index is 13.8. The van der Waals surface area contributed by atoms with Crippen molar-refractivity contribution in [2.24, 2.45) is 11.8 Å². The molecule has 3 atom stereocenters. The zero-order valence-corrected chi connectivity index (χ0v) is 22.8. The molecule has 3 aliphatic carbocycles. The number of hydrogen-bond acceptors (Lipinski definition) is 7. The lowest BCUT2D eigenvalue weighted by Gasteiger charge is -2.22. The number of carbonyl (C=O) groups excluding carboxylic acids is 1. The number of aromatic nitrogens is 3. The molecule has 2 fully saturated rings. The van der Waals surface area contributed by atoms with Crippen LogP contribution in [-0.4, -0.2) is 26.5 Å². The smallest absolute Gasteiger partial charge is 0.273 e. The molecule has 3 heterocycles. The predicted molar refractivity (Wildman–Crippen MR) is 149 cm³/mol. The van der Waals surface area contributed by atoms with Crippen LogP contribution in [0.15, 0.2) is 51.0 Å². The maximum Gasteiger partial charge on any atom is 0.273 e. The molecule has 38 heavy (non-hydrogen) atoms. The van der Waals surface area contributed by atoms with Crippen LogP contribution >= 0.6 is 23.1 Å². The Morgan fingerprint density at radius 1 is 1.13 bits per heavy atom. The number of thioether (sulfide) groups is 1. The van der Waals surface area contributed by atoms with E-state index in [1.165, 1.54) is 54.1 Å². The molecule has 4 aromatic rings. The summed E-state index contributed by atoms with van der Waals surface area (Å²) in [7, 11) is 0. The van der Waals surface area contributed by atoms with Crippen molar-refractivity contribution < 1.29 is 9.21 Å². The highest BCUT2D eigenvalue weighted by atomic mass is 32.2. The first-order chi connectivity index (χ1) is 18.6. The number of nitrogens with zero attached hydrogens (tertiary/aromatic N) is 3. The molecule has 7 rings (SSSR count). The topological polar surface area (TPSA) is 90.0 Å². The second kappa shape index (κ2) is 10.0. The Labute approximate surface area is 229 Å². The van der Waals surface area contributed by atoms with Crippen molar-refractivity contribution in [3.05, 3.63) is 74.5 Å². The third kappa shape index (κ3) is 4.49. The van der Waals surface area contributed by atoms with Crippen LogP contribution in [0.25, 0.3) is 10.2 Å². The quantitative estimate of drug-likeness (QED) is 0.240. The zero-order chi connectivity index (χ0) is 25.6. The second-order valence-corrected chi connectivity index (χ2v) is 12.9. The van der Waals surface area contributed by atoms with Crippen LogP contribution in [0.3, 0.4) is 0 Å². The highest BCUT2D eigenvalue weighted by Crippen LogP contribution is 2.44. The van der Waals surface area contributed by atoms with Crippen molar-refractivity contribution in [3.63, 3.8) is 0 Å². The van der Waals surface area contributed by atoms with Gasteiger partial charge >= 0.3 is 0 Å². The molecule has 2 bridgehead atoms. The lowest BCUT2D eigenvalue weighted by Crippen LogP contribution is -2.38. The highest BCUT2D eigenvalue weighted by Gasteiger charge is 2.40. The molecular formula is C29H30N4O3S2. The van der Waals surface area contributed by atoms with Gasteiger partial charge < -0.3 is 9.73 Å². The monoisotopic (exact) mass is 546 g/mol. The van der Waals surface area contributed by atoms with Crippen molar-refractivity contribution >= 4 is 39.2 Å². The fourth-order valence-corrected chi connectivity index (χ4v) is 8.66. The molecule has 1 amide bonds. The zero-order valence-electron chi connectivity index (χ0n) is 21.2. The Balaban J connectivity index is 1.14. The van der Waals surface area contributed by atoms with Gasteiger partial charge in [0.15, 0.2) is 10.9 Å². The van der Waals surface area contributed by atoms with Crippen LogP contribution in [0.4, 0.5) is 0 Å². The van der Waals surface area contributed by atoms with E-state index in [0.717, 1.165) is 47.4 Å². The van der Waals surface area contributed by atoms with Gasteiger partial charge in [0.2, 0.25) is 5.89 Å². The number of thiophene rings is 1. The van der Waals surface area contributed by atoms with Gasteiger partial charge in [-0.25, -0.2) is 9.97 Å². The molecule has 196 valence electrons.